The summed E-state index contributed by atoms with van der Waals surface area (Å²) in [6.45, 7) is 2.53. The zero-order valence-electron chi connectivity index (χ0n) is 14.1. The standard InChI is InChI=1S/C18H23ClN4O/c1-20-10-13-6-5-9-23(11-13)18(24)15-12-22(2)21-17(15)14-7-3-4-8-16(14)19/h3-4,7-8,12-13,20H,5-6,9-11H2,1-2H3. The first-order valence-electron chi connectivity index (χ1n) is 8.32. The molecule has 24 heavy (non-hydrogen) atoms. The van der Waals surface area contributed by atoms with Crippen molar-refractivity contribution in [1.29, 1.82) is 0 Å². The number of carbonyl (C=O) groups excluding carboxylic acids is 1. The third-order valence-corrected chi connectivity index (χ3v) is 4.82. The maximum absolute atomic E-state index is 13.1. The zero-order chi connectivity index (χ0) is 17.1. The highest BCUT2D eigenvalue weighted by atomic mass is 35.5. The van der Waals surface area contributed by atoms with Gasteiger partial charge in [0.25, 0.3) is 5.91 Å². The van der Waals surface area contributed by atoms with E-state index in [-0.39, 0.29) is 5.91 Å². The van der Waals surface area contributed by atoms with Crippen LogP contribution in [0, 0.1) is 5.92 Å². The van der Waals surface area contributed by atoms with Crippen LogP contribution in [0.25, 0.3) is 11.3 Å². The largest absolute Gasteiger partial charge is 0.338 e. The van der Waals surface area contributed by atoms with Gasteiger partial charge in [-0.2, -0.15) is 5.10 Å². The number of rotatable bonds is 4. The molecule has 1 fully saturated rings. The highest BCUT2D eigenvalue weighted by Crippen LogP contribution is 2.30. The van der Waals surface area contributed by atoms with Crippen LogP contribution in [-0.2, 0) is 7.05 Å². The minimum absolute atomic E-state index is 0.0406. The maximum atomic E-state index is 13.1. The molecule has 1 aliphatic heterocycles. The van der Waals surface area contributed by atoms with Crippen LogP contribution in [0.3, 0.4) is 0 Å². The molecule has 2 aromatic rings. The fourth-order valence-electron chi connectivity index (χ4n) is 3.37. The number of hydrogen-bond acceptors (Lipinski definition) is 3. The summed E-state index contributed by atoms with van der Waals surface area (Å²) in [5.74, 6) is 0.548. The van der Waals surface area contributed by atoms with Gasteiger partial charge in [-0.1, -0.05) is 29.8 Å². The van der Waals surface area contributed by atoms with Crippen molar-refractivity contribution < 1.29 is 4.79 Å². The molecule has 1 aromatic heterocycles. The Morgan fingerprint density at radius 2 is 2.21 bits per heavy atom. The Labute approximate surface area is 147 Å². The lowest BCUT2D eigenvalue weighted by Gasteiger charge is -2.32. The molecule has 1 atom stereocenters. The number of likely N-dealkylation sites (tertiary alicyclic amines) is 1. The van der Waals surface area contributed by atoms with E-state index < -0.39 is 0 Å². The molecule has 2 heterocycles. The topological polar surface area (TPSA) is 50.2 Å². The normalized spacial score (nSPS) is 18.0. The quantitative estimate of drug-likeness (QED) is 0.926. The smallest absolute Gasteiger partial charge is 0.257 e. The third-order valence-electron chi connectivity index (χ3n) is 4.49. The predicted octanol–water partition coefficient (Wildman–Crippen LogP) is 2.81. The van der Waals surface area contributed by atoms with Crippen molar-refractivity contribution >= 4 is 17.5 Å². The van der Waals surface area contributed by atoms with Crippen LogP contribution in [0.1, 0.15) is 23.2 Å². The highest BCUT2D eigenvalue weighted by molar-refractivity contribution is 6.33. The number of carbonyl (C=O) groups is 1. The van der Waals surface area contributed by atoms with E-state index >= 15 is 0 Å². The highest BCUT2D eigenvalue weighted by Gasteiger charge is 2.27. The van der Waals surface area contributed by atoms with E-state index in [9.17, 15) is 4.79 Å². The molecule has 0 aliphatic carbocycles. The van der Waals surface area contributed by atoms with Crippen molar-refractivity contribution in [2.24, 2.45) is 13.0 Å². The number of benzene rings is 1. The predicted molar refractivity (Wildman–Crippen MR) is 96.2 cm³/mol. The van der Waals surface area contributed by atoms with Crippen LogP contribution in [0.5, 0.6) is 0 Å². The van der Waals surface area contributed by atoms with Gasteiger partial charge in [-0.05, 0) is 38.4 Å². The Balaban J connectivity index is 1.89. The van der Waals surface area contributed by atoms with Gasteiger partial charge in [0.15, 0.2) is 0 Å². The first-order chi connectivity index (χ1) is 11.6. The minimum atomic E-state index is 0.0406. The van der Waals surface area contributed by atoms with E-state index in [0.29, 0.717) is 22.2 Å². The number of piperidine rings is 1. The first-order valence-corrected chi connectivity index (χ1v) is 8.70. The van der Waals surface area contributed by atoms with Gasteiger partial charge in [0.1, 0.15) is 5.69 Å². The molecule has 1 unspecified atom stereocenters. The molecule has 0 saturated carbocycles. The van der Waals surface area contributed by atoms with Crippen molar-refractivity contribution in [2.45, 2.75) is 12.8 Å². The molecule has 5 nitrogen and oxygen atoms in total. The van der Waals surface area contributed by atoms with Gasteiger partial charge in [-0.25, -0.2) is 0 Å². The van der Waals surface area contributed by atoms with Crippen LogP contribution in [0.2, 0.25) is 5.02 Å². The first kappa shape index (κ1) is 17.0. The van der Waals surface area contributed by atoms with Crippen molar-refractivity contribution in [1.82, 2.24) is 20.0 Å². The third kappa shape index (κ3) is 3.47. The number of aryl methyl sites for hydroxylation is 1. The SMILES string of the molecule is CNCC1CCCN(C(=O)c2cn(C)nc2-c2ccccc2Cl)C1. The van der Waals surface area contributed by atoms with Gasteiger partial charge >= 0.3 is 0 Å². The van der Waals surface area contributed by atoms with E-state index in [1.54, 1.807) is 10.9 Å². The Morgan fingerprint density at radius 1 is 1.42 bits per heavy atom. The summed E-state index contributed by atoms with van der Waals surface area (Å²) in [5.41, 5.74) is 2.08. The van der Waals surface area contributed by atoms with Gasteiger partial charge in [-0.3, -0.25) is 9.48 Å². The maximum Gasteiger partial charge on any atom is 0.257 e. The molecule has 1 saturated heterocycles. The Morgan fingerprint density at radius 3 is 2.96 bits per heavy atom. The van der Waals surface area contributed by atoms with Crippen LogP contribution in [0.4, 0.5) is 0 Å². The van der Waals surface area contributed by atoms with E-state index in [2.05, 4.69) is 10.4 Å². The number of aromatic nitrogens is 2. The van der Waals surface area contributed by atoms with Gasteiger partial charge in [-0.15, -0.1) is 0 Å². The van der Waals surface area contributed by atoms with Crippen molar-refractivity contribution in [3.8, 4) is 11.3 Å². The molecular formula is C18H23ClN4O. The molecular weight excluding hydrogens is 324 g/mol. The van der Waals surface area contributed by atoms with Crippen molar-refractivity contribution in [3.63, 3.8) is 0 Å². The molecule has 0 radical (unpaired) electrons. The second-order valence-corrected chi connectivity index (χ2v) is 6.77. The molecule has 3 rings (SSSR count). The van der Waals surface area contributed by atoms with E-state index in [1.165, 1.54) is 0 Å². The molecule has 1 aliphatic rings. The zero-order valence-corrected chi connectivity index (χ0v) is 14.9. The summed E-state index contributed by atoms with van der Waals surface area (Å²) in [6.07, 6.45) is 4.00. The second kappa shape index (κ2) is 7.36. The summed E-state index contributed by atoms with van der Waals surface area (Å²) in [7, 11) is 3.79. The monoisotopic (exact) mass is 346 g/mol. The van der Waals surface area contributed by atoms with Crippen LogP contribution >= 0.6 is 11.6 Å². The molecule has 6 heteroatoms. The lowest BCUT2D eigenvalue weighted by Crippen LogP contribution is -2.42. The summed E-state index contributed by atoms with van der Waals surface area (Å²) in [4.78, 5) is 15.0. The summed E-state index contributed by atoms with van der Waals surface area (Å²) < 4.78 is 1.68. The number of halogens is 1. The van der Waals surface area contributed by atoms with Crippen molar-refractivity contribution in [3.05, 3.63) is 41.0 Å². The van der Waals surface area contributed by atoms with Gasteiger partial charge in [0.05, 0.1) is 10.6 Å². The fraction of sp³-hybridized carbons (Fsp3) is 0.444. The van der Waals surface area contributed by atoms with E-state index in [0.717, 1.165) is 38.0 Å². The van der Waals surface area contributed by atoms with Crippen LogP contribution in [0.15, 0.2) is 30.5 Å². The summed E-state index contributed by atoms with van der Waals surface area (Å²) in [6, 6.07) is 7.52. The summed E-state index contributed by atoms with van der Waals surface area (Å²) in [5, 5.41) is 8.31. The molecule has 1 N–H and O–H groups in total. The van der Waals surface area contributed by atoms with Crippen molar-refractivity contribution in [2.75, 3.05) is 26.7 Å². The molecule has 128 valence electrons. The molecule has 0 bridgehead atoms. The molecule has 1 amide bonds. The molecule has 1 aromatic carbocycles. The lowest BCUT2D eigenvalue weighted by molar-refractivity contribution is 0.0675. The lowest BCUT2D eigenvalue weighted by atomic mass is 9.97. The Bertz CT molecular complexity index is 726. The van der Waals surface area contributed by atoms with Gasteiger partial charge in [0, 0.05) is 31.9 Å². The average Bonchev–Trinajstić information content (AvgIpc) is 2.97. The minimum Gasteiger partial charge on any atom is -0.338 e. The second-order valence-electron chi connectivity index (χ2n) is 6.36. The number of hydrogen-bond donors (Lipinski definition) is 1. The number of nitrogens with one attached hydrogen (secondary N) is 1. The van der Waals surface area contributed by atoms with Gasteiger partial charge in [0.2, 0.25) is 0 Å². The van der Waals surface area contributed by atoms with Crippen LogP contribution < -0.4 is 5.32 Å². The van der Waals surface area contributed by atoms with E-state index in [4.69, 9.17) is 11.6 Å². The Kier molecular flexibility index (Phi) is 5.21. The van der Waals surface area contributed by atoms with Gasteiger partial charge < -0.3 is 10.2 Å². The van der Waals surface area contributed by atoms with Crippen LogP contribution in [-0.4, -0.2) is 47.3 Å². The average molecular weight is 347 g/mol. The number of nitrogens with zero attached hydrogens (tertiary/aromatic N) is 3. The summed E-state index contributed by atoms with van der Waals surface area (Å²) >= 11 is 6.31. The number of amides is 1. The fourth-order valence-corrected chi connectivity index (χ4v) is 3.60. The van der Waals surface area contributed by atoms with E-state index in [1.807, 2.05) is 43.3 Å². The molecule has 0 spiro atoms. The Hall–Kier alpha value is -1.85.